The van der Waals surface area contributed by atoms with Crippen molar-refractivity contribution in [2.75, 3.05) is 18.4 Å². The number of anilines is 1. The summed E-state index contributed by atoms with van der Waals surface area (Å²) in [5.41, 5.74) is 0.643. The van der Waals surface area contributed by atoms with Crippen LogP contribution in [0.3, 0.4) is 0 Å². The lowest BCUT2D eigenvalue weighted by Gasteiger charge is -2.21. The van der Waals surface area contributed by atoms with Crippen LogP contribution in [0.15, 0.2) is 29.2 Å². The van der Waals surface area contributed by atoms with Gasteiger partial charge in [0.2, 0.25) is 15.9 Å². The van der Waals surface area contributed by atoms with Gasteiger partial charge in [0.1, 0.15) is 0 Å². The third-order valence-corrected chi connectivity index (χ3v) is 7.57. The lowest BCUT2D eigenvalue weighted by atomic mass is 9.86. The number of sulfonamides is 1. The smallest absolute Gasteiger partial charge is 0.243 e. The van der Waals surface area contributed by atoms with E-state index in [0.717, 1.165) is 19.3 Å². The predicted octanol–water partition coefficient (Wildman–Crippen LogP) is 4.67. The topological polar surface area (TPSA) is 78.5 Å². The normalized spacial score (nSPS) is 15.2. The van der Waals surface area contributed by atoms with Crippen molar-refractivity contribution in [3.05, 3.63) is 24.3 Å². The number of amides is 1. The molecule has 168 valence electrons. The van der Waals surface area contributed by atoms with Gasteiger partial charge in [-0.15, -0.1) is 0 Å². The molecule has 30 heavy (non-hydrogen) atoms. The van der Waals surface area contributed by atoms with Crippen LogP contribution in [0.4, 0.5) is 5.69 Å². The third-order valence-electron chi connectivity index (χ3n) is 5.45. The van der Waals surface area contributed by atoms with E-state index in [1.54, 1.807) is 24.3 Å². The first-order valence-electron chi connectivity index (χ1n) is 11.1. The zero-order chi connectivity index (χ0) is 22.0. The first-order valence-corrected chi connectivity index (χ1v) is 12.9. The van der Waals surface area contributed by atoms with Crippen LogP contribution in [0.1, 0.15) is 71.6 Å². The number of carbonyl (C=O) groups is 1. The van der Waals surface area contributed by atoms with E-state index in [2.05, 4.69) is 10.6 Å². The number of thiocarbonyl (C=S) groups is 1. The molecule has 1 fully saturated rings. The Balaban J connectivity index is 1.86. The molecule has 1 aromatic carbocycles. The minimum atomic E-state index is -3.50. The molecular formula is C22H35N3O3S2. The minimum Gasteiger partial charge on any atom is -0.332 e. The van der Waals surface area contributed by atoms with Crippen molar-refractivity contribution in [1.29, 1.82) is 0 Å². The molecule has 2 rings (SSSR count). The van der Waals surface area contributed by atoms with Crippen molar-refractivity contribution in [3.8, 4) is 0 Å². The van der Waals surface area contributed by atoms with Crippen molar-refractivity contribution < 1.29 is 13.2 Å². The molecule has 1 aliphatic rings. The van der Waals surface area contributed by atoms with Crippen molar-refractivity contribution >= 4 is 38.9 Å². The van der Waals surface area contributed by atoms with Crippen LogP contribution in [0, 0.1) is 5.92 Å². The second-order valence-electron chi connectivity index (χ2n) is 7.97. The average Bonchev–Trinajstić information content (AvgIpc) is 2.73. The first kappa shape index (κ1) is 24.8. The fourth-order valence-corrected chi connectivity index (χ4v) is 5.73. The molecule has 1 saturated carbocycles. The molecule has 0 aliphatic heterocycles. The second kappa shape index (κ2) is 12.4. The molecular weight excluding hydrogens is 418 g/mol. The molecule has 0 saturated heterocycles. The van der Waals surface area contributed by atoms with Crippen LogP contribution in [0.5, 0.6) is 0 Å². The monoisotopic (exact) mass is 453 g/mol. The maximum absolute atomic E-state index is 12.8. The van der Waals surface area contributed by atoms with E-state index in [4.69, 9.17) is 12.2 Å². The molecule has 1 aromatic rings. The van der Waals surface area contributed by atoms with E-state index in [0.29, 0.717) is 31.1 Å². The molecule has 0 aromatic heterocycles. The van der Waals surface area contributed by atoms with Gasteiger partial charge in [-0.05, 0) is 61.7 Å². The average molecular weight is 454 g/mol. The molecule has 0 radical (unpaired) electrons. The van der Waals surface area contributed by atoms with Gasteiger partial charge in [0.15, 0.2) is 5.11 Å². The summed E-state index contributed by atoms with van der Waals surface area (Å²) in [6.07, 6.45) is 9.23. The van der Waals surface area contributed by atoms with Gasteiger partial charge in [-0.25, -0.2) is 8.42 Å². The molecule has 0 spiro atoms. The largest absolute Gasteiger partial charge is 0.332 e. The zero-order valence-electron chi connectivity index (χ0n) is 18.2. The van der Waals surface area contributed by atoms with Gasteiger partial charge < -0.3 is 10.6 Å². The van der Waals surface area contributed by atoms with E-state index in [9.17, 15) is 13.2 Å². The summed E-state index contributed by atoms with van der Waals surface area (Å²) in [7, 11) is -3.50. The maximum atomic E-state index is 12.8. The van der Waals surface area contributed by atoms with Gasteiger partial charge in [0.05, 0.1) is 4.90 Å². The Morgan fingerprint density at radius 3 is 2.23 bits per heavy atom. The first-order chi connectivity index (χ1) is 14.4. The summed E-state index contributed by atoms with van der Waals surface area (Å²) >= 11 is 5.23. The lowest BCUT2D eigenvalue weighted by Crippen LogP contribution is -2.34. The summed E-state index contributed by atoms with van der Waals surface area (Å²) in [6.45, 7) is 4.95. The molecule has 0 atom stereocenters. The predicted molar refractivity (Wildman–Crippen MR) is 126 cm³/mol. The summed E-state index contributed by atoms with van der Waals surface area (Å²) in [4.78, 5) is 12.4. The zero-order valence-corrected chi connectivity index (χ0v) is 19.8. The summed E-state index contributed by atoms with van der Waals surface area (Å²) in [5, 5.41) is 5.91. The molecule has 1 amide bonds. The molecule has 0 unspecified atom stereocenters. The van der Waals surface area contributed by atoms with Gasteiger partial charge in [-0.1, -0.05) is 46.0 Å². The van der Waals surface area contributed by atoms with Crippen LogP contribution in [0.25, 0.3) is 0 Å². The number of nitrogens with zero attached hydrogens (tertiary/aromatic N) is 1. The second-order valence-corrected chi connectivity index (χ2v) is 10.3. The number of rotatable bonds is 10. The highest BCUT2D eigenvalue weighted by Crippen LogP contribution is 2.27. The van der Waals surface area contributed by atoms with Crippen molar-refractivity contribution in [2.45, 2.75) is 76.5 Å². The SMILES string of the molecule is CCCN(CCC)S(=O)(=O)c1ccc(NC(=S)NC(=O)CCC2CCCCC2)cc1. The fraction of sp³-hybridized carbons (Fsp3) is 0.636. The molecule has 1 aliphatic carbocycles. The van der Waals surface area contributed by atoms with Crippen LogP contribution >= 0.6 is 12.2 Å². The Bertz CT molecular complexity index is 782. The van der Waals surface area contributed by atoms with E-state index in [1.807, 2.05) is 13.8 Å². The fourth-order valence-electron chi connectivity index (χ4n) is 3.87. The van der Waals surface area contributed by atoms with Gasteiger partial charge in [-0.2, -0.15) is 4.31 Å². The van der Waals surface area contributed by atoms with Crippen molar-refractivity contribution in [1.82, 2.24) is 9.62 Å². The number of carbonyl (C=O) groups excluding carboxylic acids is 1. The number of hydrogen-bond acceptors (Lipinski definition) is 4. The number of benzene rings is 1. The highest BCUT2D eigenvalue weighted by molar-refractivity contribution is 7.89. The minimum absolute atomic E-state index is 0.0768. The van der Waals surface area contributed by atoms with Gasteiger partial charge in [0, 0.05) is 25.2 Å². The van der Waals surface area contributed by atoms with Crippen LogP contribution < -0.4 is 10.6 Å². The molecule has 2 N–H and O–H groups in total. The molecule has 0 bridgehead atoms. The van der Waals surface area contributed by atoms with E-state index in [1.165, 1.54) is 36.4 Å². The Morgan fingerprint density at radius 2 is 1.67 bits per heavy atom. The van der Waals surface area contributed by atoms with E-state index < -0.39 is 10.0 Å². The van der Waals surface area contributed by atoms with Crippen LogP contribution in [-0.2, 0) is 14.8 Å². The Kier molecular flexibility index (Phi) is 10.2. The summed E-state index contributed by atoms with van der Waals surface area (Å²) in [5.74, 6) is 0.576. The Labute approximate surface area is 186 Å². The highest BCUT2D eigenvalue weighted by atomic mass is 32.2. The van der Waals surface area contributed by atoms with Crippen LogP contribution in [-0.4, -0.2) is 36.8 Å². The van der Waals surface area contributed by atoms with E-state index >= 15 is 0 Å². The van der Waals surface area contributed by atoms with Gasteiger partial charge in [-0.3, -0.25) is 4.79 Å². The van der Waals surface area contributed by atoms with Crippen molar-refractivity contribution in [2.24, 2.45) is 5.92 Å². The van der Waals surface area contributed by atoms with E-state index in [-0.39, 0.29) is 15.9 Å². The quantitative estimate of drug-likeness (QED) is 0.503. The van der Waals surface area contributed by atoms with Gasteiger partial charge in [0.25, 0.3) is 0 Å². The standard InChI is InChI=1S/C22H35N3O3S2/c1-3-16-25(17-4-2)30(27,28)20-13-11-19(12-14-20)23-22(29)24-21(26)15-10-18-8-6-5-7-9-18/h11-14,18H,3-10,15-17H2,1-2H3,(H2,23,24,26,29). The molecule has 0 heterocycles. The Morgan fingerprint density at radius 1 is 1.07 bits per heavy atom. The van der Waals surface area contributed by atoms with Gasteiger partial charge >= 0.3 is 0 Å². The lowest BCUT2D eigenvalue weighted by molar-refractivity contribution is -0.120. The third kappa shape index (κ3) is 7.63. The summed E-state index contributed by atoms with van der Waals surface area (Å²) in [6, 6.07) is 6.49. The van der Waals surface area contributed by atoms with Crippen LogP contribution in [0.2, 0.25) is 0 Å². The Hall–Kier alpha value is -1.51. The number of hydrogen-bond donors (Lipinski definition) is 2. The maximum Gasteiger partial charge on any atom is 0.243 e. The molecule has 8 heteroatoms. The summed E-state index contributed by atoms with van der Waals surface area (Å²) < 4.78 is 27.2. The molecule has 6 nitrogen and oxygen atoms in total. The highest BCUT2D eigenvalue weighted by Gasteiger charge is 2.23. The number of nitrogens with one attached hydrogen (secondary N) is 2. The van der Waals surface area contributed by atoms with Crippen molar-refractivity contribution in [3.63, 3.8) is 0 Å².